The third kappa shape index (κ3) is 4.86. The number of amides is 1. The summed E-state index contributed by atoms with van der Waals surface area (Å²) in [7, 11) is 0. The maximum absolute atomic E-state index is 12.9. The molecule has 7 heteroatoms. The van der Waals surface area contributed by atoms with Crippen LogP contribution in [0.1, 0.15) is 5.56 Å². The topological polar surface area (TPSA) is 72.9 Å². The summed E-state index contributed by atoms with van der Waals surface area (Å²) in [5.74, 6) is 5.79. The highest BCUT2D eigenvalue weighted by Gasteiger charge is 2.10. The first kappa shape index (κ1) is 18.0. The Morgan fingerprint density at radius 1 is 1.15 bits per heavy atom. The first-order chi connectivity index (χ1) is 12.6. The van der Waals surface area contributed by atoms with E-state index in [9.17, 15) is 9.18 Å². The van der Waals surface area contributed by atoms with Crippen molar-refractivity contribution < 1.29 is 9.18 Å². The van der Waals surface area contributed by atoms with E-state index in [-0.39, 0.29) is 17.5 Å². The van der Waals surface area contributed by atoms with Crippen molar-refractivity contribution in [3.8, 4) is 11.3 Å². The van der Waals surface area contributed by atoms with E-state index in [1.54, 1.807) is 18.3 Å². The molecule has 2 aromatic carbocycles. The number of nitrogens with zero attached hydrogens (tertiary/aromatic N) is 2. The van der Waals surface area contributed by atoms with Crippen LogP contribution in [-0.4, -0.2) is 27.9 Å². The molecule has 0 radical (unpaired) electrons. The molecule has 3 N–H and O–H groups in total. The minimum Gasteiger partial charge on any atom is -0.355 e. The molecule has 0 bridgehead atoms. The SMILES string of the molecule is Nn1cc(-c2ccccc2)nc1SCC(=O)NCCc1ccc(F)cc1. The third-order valence-corrected chi connectivity index (χ3v) is 4.72. The molecule has 0 saturated carbocycles. The minimum absolute atomic E-state index is 0.0960. The molecule has 3 rings (SSSR count). The molecule has 26 heavy (non-hydrogen) atoms. The van der Waals surface area contributed by atoms with Gasteiger partial charge in [-0.25, -0.2) is 14.1 Å². The van der Waals surface area contributed by atoms with Gasteiger partial charge in [-0.05, 0) is 24.1 Å². The van der Waals surface area contributed by atoms with E-state index < -0.39 is 0 Å². The lowest BCUT2D eigenvalue weighted by Gasteiger charge is -2.05. The van der Waals surface area contributed by atoms with Crippen molar-refractivity contribution in [3.63, 3.8) is 0 Å². The van der Waals surface area contributed by atoms with Crippen LogP contribution in [0.4, 0.5) is 4.39 Å². The van der Waals surface area contributed by atoms with E-state index in [2.05, 4.69) is 10.3 Å². The molecule has 1 amide bonds. The summed E-state index contributed by atoms with van der Waals surface area (Å²) in [6.07, 6.45) is 2.39. The molecule has 0 fully saturated rings. The number of carbonyl (C=O) groups is 1. The molecule has 0 aliphatic carbocycles. The molecule has 0 saturated heterocycles. The fraction of sp³-hybridized carbons (Fsp3) is 0.158. The van der Waals surface area contributed by atoms with Gasteiger partial charge in [0, 0.05) is 12.1 Å². The summed E-state index contributed by atoms with van der Waals surface area (Å²) >= 11 is 1.28. The van der Waals surface area contributed by atoms with Crippen molar-refractivity contribution >= 4 is 17.7 Å². The first-order valence-corrected chi connectivity index (χ1v) is 9.14. The Morgan fingerprint density at radius 3 is 2.62 bits per heavy atom. The highest BCUT2D eigenvalue weighted by atomic mass is 32.2. The van der Waals surface area contributed by atoms with Crippen LogP contribution >= 0.6 is 11.8 Å². The largest absolute Gasteiger partial charge is 0.355 e. The number of nitrogen functional groups attached to an aromatic ring is 1. The first-order valence-electron chi connectivity index (χ1n) is 8.15. The van der Waals surface area contributed by atoms with Gasteiger partial charge in [0.05, 0.1) is 17.6 Å². The molecule has 3 aromatic rings. The zero-order valence-corrected chi connectivity index (χ0v) is 14.9. The van der Waals surface area contributed by atoms with Crippen molar-refractivity contribution in [1.29, 1.82) is 0 Å². The molecule has 0 aliphatic rings. The van der Waals surface area contributed by atoms with Gasteiger partial charge < -0.3 is 11.2 Å². The number of thioether (sulfide) groups is 1. The Kier molecular flexibility index (Phi) is 5.91. The second-order valence-corrected chi connectivity index (χ2v) is 6.64. The molecule has 1 heterocycles. The Bertz CT molecular complexity index is 865. The zero-order valence-electron chi connectivity index (χ0n) is 14.1. The molecular formula is C19H19FN4OS. The predicted octanol–water partition coefficient (Wildman–Crippen LogP) is 2.85. The van der Waals surface area contributed by atoms with E-state index in [1.165, 1.54) is 28.6 Å². The quantitative estimate of drug-likeness (QED) is 0.495. The van der Waals surface area contributed by atoms with Crippen LogP contribution in [0, 0.1) is 5.82 Å². The maximum atomic E-state index is 12.9. The van der Waals surface area contributed by atoms with Gasteiger partial charge in [0.25, 0.3) is 0 Å². The van der Waals surface area contributed by atoms with Gasteiger partial charge in [-0.1, -0.05) is 54.2 Å². The summed E-state index contributed by atoms with van der Waals surface area (Å²) in [6, 6.07) is 16.0. The number of nitrogens with two attached hydrogens (primary N) is 1. The average Bonchev–Trinajstić information content (AvgIpc) is 3.03. The van der Waals surface area contributed by atoms with Crippen molar-refractivity contribution in [3.05, 3.63) is 72.2 Å². The van der Waals surface area contributed by atoms with Gasteiger partial charge in [0.2, 0.25) is 5.91 Å². The van der Waals surface area contributed by atoms with E-state index in [0.29, 0.717) is 18.1 Å². The number of benzene rings is 2. The standard InChI is InChI=1S/C19H19FN4OS/c20-16-8-6-14(7-9-16)10-11-22-18(25)13-26-19-23-17(12-24(19)21)15-4-2-1-3-5-15/h1-9,12H,10-11,13,21H2,(H,22,25). The van der Waals surface area contributed by atoms with Gasteiger partial charge in [0.1, 0.15) is 5.82 Å². The number of rotatable bonds is 7. The Morgan fingerprint density at radius 2 is 1.88 bits per heavy atom. The summed E-state index contributed by atoms with van der Waals surface area (Å²) < 4.78 is 14.3. The highest BCUT2D eigenvalue weighted by molar-refractivity contribution is 7.99. The maximum Gasteiger partial charge on any atom is 0.230 e. The molecule has 1 aromatic heterocycles. The molecule has 5 nitrogen and oxygen atoms in total. The van der Waals surface area contributed by atoms with Crippen molar-refractivity contribution in [1.82, 2.24) is 15.0 Å². The van der Waals surface area contributed by atoms with Crippen LogP contribution in [0.15, 0.2) is 66.0 Å². The number of hydrogen-bond donors (Lipinski definition) is 2. The molecule has 134 valence electrons. The van der Waals surface area contributed by atoms with E-state index in [1.807, 2.05) is 30.3 Å². The van der Waals surface area contributed by atoms with E-state index in [4.69, 9.17) is 5.84 Å². The summed E-state index contributed by atoms with van der Waals surface area (Å²) in [4.78, 5) is 16.5. The summed E-state index contributed by atoms with van der Waals surface area (Å²) in [6.45, 7) is 0.497. The zero-order chi connectivity index (χ0) is 18.4. The van der Waals surface area contributed by atoms with E-state index >= 15 is 0 Å². The number of aromatic nitrogens is 2. The Labute approximate surface area is 155 Å². The van der Waals surface area contributed by atoms with Crippen molar-refractivity contribution in [2.75, 3.05) is 18.1 Å². The van der Waals surface area contributed by atoms with Crippen molar-refractivity contribution in [2.24, 2.45) is 0 Å². The van der Waals surface area contributed by atoms with Gasteiger partial charge in [-0.2, -0.15) is 0 Å². The smallest absolute Gasteiger partial charge is 0.230 e. The Hall–Kier alpha value is -2.80. The van der Waals surface area contributed by atoms with Gasteiger partial charge in [-0.3, -0.25) is 4.79 Å². The van der Waals surface area contributed by atoms with Crippen LogP contribution in [0.2, 0.25) is 0 Å². The minimum atomic E-state index is -0.263. The van der Waals surface area contributed by atoms with Crippen LogP contribution in [0.3, 0.4) is 0 Å². The number of hydrogen-bond acceptors (Lipinski definition) is 4. The summed E-state index contributed by atoms with van der Waals surface area (Å²) in [5, 5.41) is 3.42. The summed E-state index contributed by atoms with van der Waals surface area (Å²) in [5.41, 5.74) is 2.72. The molecule has 0 aliphatic heterocycles. The monoisotopic (exact) mass is 370 g/mol. The number of halogens is 1. The predicted molar refractivity (Wildman–Crippen MR) is 102 cm³/mol. The lowest BCUT2D eigenvalue weighted by Crippen LogP contribution is -2.27. The number of imidazole rings is 1. The van der Waals surface area contributed by atoms with Crippen LogP contribution in [-0.2, 0) is 11.2 Å². The average molecular weight is 370 g/mol. The van der Waals surface area contributed by atoms with E-state index in [0.717, 1.165) is 16.8 Å². The highest BCUT2D eigenvalue weighted by Crippen LogP contribution is 2.22. The van der Waals surface area contributed by atoms with Crippen LogP contribution in [0.25, 0.3) is 11.3 Å². The number of nitrogens with one attached hydrogen (secondary N) is 1. The second kappa shape index (κ2) is 8.53. The lowest BCUT2D eigenvalue weighted by atomic mass is 10.1. The molecule has 0 spiro atoms. The fourth-order valence-corrected chi connectivity index (χ4v) is 3.14. The second-order valence-electron chi connectivity index (χ2n) is 5.70. The van der Waals surface area contributed by atoms with Gasteiger partial charge in [-0.15, -0.1) is 0 Å². The van der Waals surface area contributed by atoms with Crippen LogP contribution in [0.5, 0.6) is 0 Å². The fourth-order valence-electron chi connectivity index (χ4n) is 2.41. The Balaban J connectivity index is 1.47. The molecular weight excluding hydrogens is 351 g/mol. The van der Waals surface area contributed by atoms with Crippen molar-refractivity contribution in [2.45, 2.75) is 11.6 Å². The lowest BCUT2D eigenvalue weighted by molar-refractivity contribution is -0.118. The third-order valence-electron chi connectivity index (χ3n) is 3.75. The molecule has 0 unspecified atom stereocenters. The molecule has 0 atom stereocenters. The van der Waals surface area contributed by atoms with Gasteiger partial charge in [0.15, 0.2) is 5.16 Å². The normalized spacial score (nSPS) is 10.7. The van der Waals surface area contributed by atoms with Gasteiger partial charge >= 0.3 is 0 Å². The van der Waals surface area contributed by atoms with Crippen LogP contribution < -0.4 is 11.2 Å². The number of carbonyl (C=O) groups excluding carboxylic acids is 1.